The maximum absolute atomic E-state index is 12.3. The Hall–Kier alpha value is -2.32. The molecule has 0 aliphatic heterocycles. The molecule has 8 heteroatoms. The van der Waals surface area contributed by atoms with Crippen LogP contribution in [0.5, 0.6) is 5.75 Å². The van der Waals surface area contributed by atoms with E-state index >= 15 is 0 Å². The fourth-order valence-electron chi connectivity index (χ4n) is 3.00. The highest BCUT2D eigenvalue weighted by Crippen LogP contribution is 2.15. The molecule has 0 saturated carbocycles. The summed E-state index contributed by atoms with van der Waals surface area (Å²) in [6.45, 7) is 12.0. The average Bonchev–Trinajstić information content (AvgIpc) is 2.74. The molecule has 1 aromatic carbocycles. The Morgan fingerprint density at radius 2 is 1.64 bits per heavy atom. The second-order valence-electron chi connectivity index (χ2n) is 8.45. The van der Waals surface area contributed by atoms with E-state index < -0.39 is 12.1 Å². The molecule has 33 heavy (non-hydrogen) atoms. The lowest BCUT2D eigenvalue weighted by Crippen LogP contribution is -2.37. The fourth-order valence-corrected chi connectivity index (χ4v) is 3.00. The van der Waals surface area contributed by atoms with E-state index in [1.807, 2.05) is 52.0 Å². The van der Waals surface area contributed by atoms with E-state index in [0.29, 0.717) is 51.5 Å². The molecule has 188 valence electrons. The number of ether oxygens (including phenoxy) is 4. The van der Waals surface area contributed by atoms with Crippen molar-refractivity contribution in [3.63, 3.8) is 0 Å². The minimum absolute atomic E-state index is 0.158. The molecule has 1 unspecified atom stereocenters. The number of carbonyl (C=O) groups is 2. The van der Waals surface area contributed by atoms with Crippen molar-refractivity contribution in [3.05, 3.63) is 29.8 Å². The van der Waals surface area contributed by atoms with E-state index in [-0.39, 0.29) is 18.3 Å². The van der Waals surface area contributed by atoms with Gasteiger partial charge in [0, 0.05) is 26.1 Å². The van der Waals surface area contributed by atoms with Gasteiger partial charge in [0.05, 0.1) is 25.4 Å². The van der Waals surface area contributed by atoms with Gasteiger partial charge in [-0.3, -0.25) is 0 Å². The van der Waals surface area contributed by atoms with Gasteiger partial charge in [0.25, 0.3) is 0 Å². The van der Waals surface area contributed by atoms with Gasteiger partial charge in [0.2, 0.25) is 0 Å². The first-order valence-corrected chi connectivity index (χ1v) is 11.9. The molecule has 1 rings (SSSR count). The Morgan fingerprint density at radius 3 is 2.21 bits per heavy atom. The molecule has 0 bridgehead atoms. The van der Waals surface area contributed by atoms with Crippen LogP contribution in [0.4, 0.5) is 4.79 Å². The van der Waals surface area contributed by atoms with Crippen LogP contribution in [0.2, 0.25) is 0 Å². The highest BCUT2D eigenvalue weighted by molar-refractivity contribution is 5.72. The zero-order valence-corrected chi connectivity index (χ0v) is 20.7. The largest absolute Gasteiger partial charge is 0.494 e. The van der Waals surface area contributed by atoms with Gasteiger partial charge >= 0.3 is 12.1 Å². The van der Waals surface area contributed by atoms with Crippen molar-refractivity contribution in [2.75, 3.05) is 32.9 Å². The zero-order chi connectivity index (χ0) is 24.6. The first kappa shape index (κ1) is 28.7. The Morgan fingerprint density at radius 1 is 0.939 bits per heavy atom. The molecule has 1 atom stereocenters. The maximum atomic E-state index is 12.3. The number of hydrogen-bond donors (Lipinski definition) is 1. The number of amides is 1. The van der Waals surface area contributed by atoms with Crippen LogP contribution < -0.4 is 4.74 Å². The summed E-state index contributed by atoms with van der Waals surface area (Å²) < 4.78 is 22.2. The Bertz CT molecular complexity index is 676. The number of hydrogen-bond acceptors (Lipinski definition) is 6. The Balaban J connectivity index is 2.48. The summed E-state index contributed by atoms with van der Waals surface area (Å²) in [6, 6.07) is 7.32. The summed E-state index contributed by atoms with van der Waals surface area (Å²) in [7, 11) is 0. The molecule has 1 N–H and O–H groups in total. The van der Waals surface area contributed by atoms with Crippen molar-refractivity contribution < 1.29 is 33.6 Å². The predicted molar refractivity (Wildman–Crippen MR) is 127 cm³/mol. The van der Waals surface area contributed by atoms with E-state index in [9.17, 15) is 14.7 Å². The summed E-state index contributed by atoms with van der Waals surface area (Å²) in [5.74, 6) is -0.282. The number of rotatable bonds is 17. The lowest BCUT2D eigenvalue weighted by atomic mass is 10.1. The van der Waals surface area contributed by atoms with Crippen molar-refractivity contribution >= 4 is 12.1 Å². The number of carbonyl (C=O) groups excluding carboxylic acids is 1. The standard InChI is InChI=1S/C25H41NO7/c1-6-7-15-30-17-14-26(25(29)33-20(4)5)13-8-16-31-22-11-9-21(10-12-22)18-23(24(27)28)32-19(2)3/h9-12,19-20,23H,6-8,13-18H2,1-5H3,(H,27,28). The number of carboxylic acids is 1. The quantitative estimate of drug-likeness (QED) is 0.336. The van der Waals surface area contributed by atoms with Gasteiger partial charge < -0.3 is 29.0 Å². The average molecular weight is 468 g/mol. The number of carboxylic acid groups (broad SMARTS) is 1. The number of aliphatic carboxylic acids is 1. The summed E-state index contributed by atoms with van der Waals surface area (Å²) in [4.78, 5) is 25.3. The molecule has 0 radical (unpaired) electrons. The van der Waals surface area contributed by atoms with Crippen LogP contribution in [-0.2, 0) is 25.4 Å². The molecular weight excluding hydrogens is 426 g/mol. The SMILES string of the molecule is CCCCOCCN(CCCOc1ccc(CC(OC(C)C)C(=O)O)cc1)C(=O)OC(C)C. The van der Waals surface area contributed by atoms with E-state index in [1.165, 1.54) is 0 Å². The molecule has 0 heterocycles. The number of unbranched alkanes of at least 4 members (excludes halogenated alkanes) is 1. The van der Waals surface area contributed by atoms with Crippen molar-refractivity contribution in [3.8, 4) is 5.75 Å². The molecular formula is C25H41NO7. The number of benzene rings is 1. The van der Waals surface area contributed by atoms with Crippen molar-refractivity contribution in [1.82, 2.24) is 4.90 Å². The Kier molecular flexibility index (Phi) is 14.2. The van der Waals surface area contributed by atoms with E-state index in [4.69, 9.17) is 18.9 Å². The van der Waals surface area contributed by atoms with E-state index in [2.05, 4.69) is 6.92 Å². The summed E-state index contributed by atoms with van der Waals surface area (Å²) in [5.41, 5.74) is 0.862. The molecule has 8 nitrogen and oxygen atoms in total. The van der Waals surface area contributed by atoms with Crippen LogP contribution in [0.25, 0.3) is 0 Å². The molecule has 0 aromatic heterocycles. The highest BCUT2D eigenvalue weighted by atomic mass is 16.6. The summed E-state index contributed by atoms with van der Waals surface area (Å²) in [5, 5.41) is 9.31. The third kappa shape index (κ3) is 13.1. The van der Waals surface area contributed by atoms with Gasteiger partial charge in [0.1, 0.15) is 5.75 Å². The predicted octanol–water partition coefficient (Wildman–Crippen LogP) is 4.54. The topological polar surface area (TPSA) is 94.5 Å². The third-order valence-electron chi connectivity index (χ3n) is 4.64. The van der Waals surface area contributed by atoms with Gasteiger partial charge in [0.15, 0.2) is 6.10 Å². The molecule has 0 spiro atoms. The molecule has 0 aliphatic rings. The van der Waals surface area contributed by atoms with Gasteiger partial charge in [-0.15, -0.1) is 0 Å². The third-order valence-corrected chi connectivity index (χ3v) is 4.64. The first-order valence-electron chi connectivity index (χ1n) is 11.9. The first-order chi connectivity index (χ1) is 15.7. The normalized spacial score (nSPS) is 12.1. The summed E-state index contributed by atoms with van der Waals surface area (Å²) in [6.07, 6.45) is 1.46. The molecule has 1 amide bonds. The van der Waals surface area contributed by atoms with Gasteiger partial charge in [-0.25, -0.2) is 9.59 Å². The zero-order valence-electron chi connectivity index (χ0n) is 20.7. The maximum Gasteiger partial charge on any atom is 0.410 e. The van der Waals surface area contributed by atoms with Crippen LogP contribution >= 0.6 is 0 Å². The fraction of sp³-hybridized carbons (Fsp3) is 0.680. The Labute approximate surface area is 198 Å². The lowest BCUT2D eigenvalue weighted by Gasteiger charge is -2.23. The molecule has 0 fully saturated rings. The van der Waals surface area contributed by atoms with Gasteiger partial charge in [-0.1, -0.05) is 25.5 Å². The minimum atomic E-state index is -0.972. The second-order valence-corrected chi connectivity index (χ2v) is 8.45. The molecule has 0 saturated heterocycles. The highest BCUT2D eigenvalue weighted by Gasteiger charge is 2.20. The van der Waals surface area contributed by atoms with Crippen LogP contribution in [0.3, 0.4) is 0 Å². The van der Waals surface area contributed by atoms with Gasteiger partial charge in [-0.05, 0) is 58.2 Å². The molecule has 1 aromatic rings. The smallest absolute Gasteiger partial charge is 0.410 e. The minimum Gasteiger partial charge on any atom is -0.494 e. The van der Waals surface area contributed by atoms with Crippen LogP contribution in [0.15, 0.2) is 24.3 Å². The molecule has 0 aliphatic carbocycles. The monoisotopic (exact) mass is 467 g/mol. The van der Waals surface area contributed by atoms with Crippen molar-refractivity contribution in [2.45, 2.75) is 78.6 Å². The van der Waals surface area contributed by atoms with Crippen molar-refractivity contribution in [1.29, 1.82) is 0 Å². The second kappa shape index (κ2) is 16.3. The van der Waals surface area contributed by atoms with E-state index in [1.54, 1.807) is 4.90 Å². The summed E-state index contributed by atoms with van der Waals surface area (Å²) >= 11 is 0. The van der Waals surface area contributed by atoms with Gasteiger partial charge in [-0.2, -0.15) is 0 Å². The van der Waals surface area contributed by atoms with Crippen LogP contribution in [0, 0.1) is 0 Å². The van der Waals surface area contributed by atoms with Crippen molar-refractivity contribution in [2.24, 2.45) is 0 Å². The number of nitrogens with zero attached hydrogens (tertiary/aromatic N) is 1. The van der Waals surface area contributed by atoms with Crippen LogP contribution in [0.1, 0.15) is 59.4 Å². The lowest BCUT2D eigenvalue weighted by molar-refractivity contribution is -0.153. The van der Waals surface area contributed by atoms with E-state index in [0.717, 1.165) is 18.4 Å². The van der Waals surface area contributed by atoms with Crippen LogP contribution in [-0.4, -0.2) is 73.3 Å².